The van der Waals surface area contributed by atoms with Crippen LogP contribution in [0.25, 0.3) is 12.2 Å². The van der Waals surface area contributed by atoms with Gasteiger partial charge in [-0.1, -0.05) is 73.3 Å². The van der Waals surface area contributed by atoms with E-state index in [1.54, 1.807) is 30.3 Å². The molecular weight excluding hydrogens is 522 g/mol. The first-order chi connectivity index (χ1) is 18.0. The van der Waals surface area contributed by atoms with Crippen LogP contribution in [0.1, 0.15) is 23.6 Å². The Bertz CT molecular complexity index is 1780. The van der Waals surface area contributed by atoms with E-state index in [9.17, 15) is 25.9 Å². The summed E-state index contributed by atoms with van der Waals surface area (Å²) in [5, 5.41) is 1.57. The molecule has 9 heteroatoms. The van der Waals surface area contributed by atoms with Crippen molar-refractivity contribution in [3.63, 3.8) is 0 Å². The summed E-state index contributed by atoms with van der Waals surface area (Å²) in [6.07, 6.45) is 0. The van der Waals surface area contributed by atoms with Gasteiger partial charge in [0.2, 0.25) is 0 Å². The van der Waals surface area contributed by atoms with Crippen molar-refractivity contribution in [3.8, 4) is 0 Å². The lowest BCUT2D eigenvalue weighted by atomic mass is 9.95. The second-order valence-electron chi connectivity index (χ2n) is 8.73. The number of benzene rings is 4. The minimum atomic E-state index is -4.48. The zero-order chi connectivity index (χ0) is 27.5. The summed E-state index contributed by atoms with van der Waals surface area (Å²) in [5.41, 5.74) is 3.33. The second kappa shape index (κ2) is 10.9. The van der Waals surface area contributed by atoms with Gasteiger partial charge in [-0.25, -0.2) is 0 Å². The van der Waals surface area contributed by atoms with Gasteiger partial charge in [0.25, 0.3) is 20.2 Å². The van der Waals surface area contributed by atoms with Crippen LogP contribution in [-0.2, 0) is 26.8 Å². The topological polar surface area (TPSA) is 112 Å². The Labute approximate surface area is 222 Å². The molecule has 0 atom stereocenters. The molecule has 0 saturated carbocycles. The van der Waals surface area contributed by atoms with E-state index in [-0.39, 0.29) is 9.79 Å². The molecule has 0 saturated heterocycles. The van der Waals surface area contributed by atoms with Crippen LogP contribution in [0.15, 0.2) is 107 Å². The smallest absolute Gasteiger partial charge is 0.295 e. The fraction of sp³-hybridized carbons (Fsp3) is 0.103. The normalized spacial score (nSPS) is 11.8. The van der Waals surface area contributed by atoms with Crippen molar-refractivity contribution in [3.05, 3.63) is 124 Å². The molecule has 0 amide bonds. The van der Waals surface area contributed by atoms with E-state index in [0.29, 0.717) is 29.8 Å². The van der Waals surface area contributed by atoms with Crippen LogP contribution in [0, 0.1) is 0 Å². The Morgan fingerprint density at radius 2 is 1.45 bits per heavy atom. The molecule has 0 aromatic heterocycles. The third-order valence-electron chi connectivity index (χ3n) is 6.15. The van der Waals surface area contributed by atoms with E-state index in [1.165, 1.54) is 18.2 Å². The van der Waals surface area contributed by atoms with Gasteiger partial charge in [0.15, 0.2) is 0 Å². The maximum absolute atomic E-state index is 12.2. The van der Waals surface area contributed by atoms with Gasteiger partial charge in [0.05, 0.1) is 4.90 Å². The van der Waals surface area contributed by atoms with E-state index < -0.39 is 20.2 Å². The van der Waals surface area contributed by atoms with Gasteiger partial charge in [-0.2, -0.15) is 16.8 Å². The Morgan fingerprint density at radius 1 is 0.789 bits per heavy atom. The molecule has 0 aliphatic heterocycles. The summed E-state index contributed by atoms with van der Waals surface area (Å²) in [6.45, 7) is 6.93. The van der Waals surface area contributed by atoms with Crippen molar-refractivity contribution < 1.29 is 25.9 Å². The van der Waals surface area contributed by atoms with Gasteiger partial charge in [-0.3, -0.25) is 9.11 Å². The number of hydrogen-bond donors (Lipinski definition) is 2. The van der Waals surface area contributed by atoms with E-state index in [4.69, 9.17) is 0 Å². The van der Waals surface area contributed by atoms with Crippen LogP contribution < -0.4 is 15.3 Å². The third kappa shape index (κ3) is 6.20. The van der Waals surface area contributed by atoms with E-state index in [0.717, 1.165) is 21.7 Å². The average Bonchev–Trinajstić information content (AvgIpc) is 2.88. The van der Waals surface area contributed by atoms with Gasteiger partial charge in [-0.05, 0) is 64.4 Å². The van der Waals surface area contributed by atoms with E-state index in [2.05, 4.69) is 6.58 Å². The highest BCUT2D eigenvalue weighted by Crippen LogP contribution is 2.29. The molecule has 0 fully saturated rings. The van der Waals surface area contributed by atoms with Gasteiger partial charge < -0.3 is 4.90 Å². The number of nitrogens with zero attached hydrogens (tertiary/aromatic N) is 1. The maximum atomic E-state index is 12.2. The molecule has 0 heterocycles. The Balaban J connectivity index is 1.78. The summed E-state index contributed by atoms with van der Waals surface area (Å²) in [6, 6.07) is 27.4. The van der Waals surface area contributed by atoms with Crippen LogP contribution >= 0.6 is 0 Å². The summed E-state index contributed by atoms with van der Waals surface area (Å²) >= 11 is 0. The molecular formula is C29H27NO6S2. The molecule has 38 heavy (non-hydrogen) atoms. The lowest BCUT2D eigenvalue weighted by Gasteiger charge is -2.24. The maximum Gasteiger partial charge on any atom is 0.295 e. The average molecular weight is 550 g/mol. The van der Waals surface area contributed by atoms with Crippen molar-refractivity contribution in [1.82, 2.24) is 0 Å². The first-order valence-electron chi connectivity index (χ1n) is 11.8. The van der Waals surface area contributed by atoms with Crippen LogP contribution in [0.5, 0.6) is 0 Å². The molecule has 196 valence electrons. The molecule has 0 aliphatic carbocycles. The highest BCUT2D eigenvalue weighted by Gasteiger charge is 2.19. The first kappa shape index (κ1) is 27.3. The SMILES string of the molecule is C=c1ccc(=C(c2ccc(N(CC)Cc3cccc(S(=O)(=O)O)c3)cc2)c2ccccc2S(=O)(=O)O)cc1. The minimum absolute atomic E-state index is 0.161. The summed E-state index contributed by atoms with van der Waals surface area (Å²) in [4.78, 5) is 1.69. The quantitative estimate of drug-likeness (QED) is 0.321. The third-order valence-corrected chi connectivity index (χ3v) is 7.91. The van der Waals surface area contributed by atoms with Crippen molar-refractivity contribution in [2.24, 2.45) is 0 Å². The number of hydrogen-bond acceptors (Lipinski definition) is 5. The number of anilines is 1. The molecule has 2 N–H and O–H groups in total. The van der Waals surface area contributed by atoms with Crippen molar-refractivity contribution >= 4 is 38.1 Å². The van der Waals surface area contributed by atoms with Gasteiger partial charge in [0, 0.05) is 24.3 Å². The number of rotatable bonds is 8. The Morgan fingerprint density at radius 3 is 2.05 bits per heavy atom. The predicted molar refractivity (Wildman–Crippen MR) is 149 cm³/mol. The highest BCUT2D eigenvalue weighted by molar-refractivity contribution is 7.86. The van der Waals surface area contributed by atoms with Gasteiger partial charge >= 0.3 is 0 Å². The highest BCUT2D eigenvalue weighted by atomic mass is 32.2. The lowest BCUT2D eigenvalue weighted by molar-refractivity contribution is 0.480. The van der Waals surface area contributed by atoms with E-state index >= 15 is 0 Å². The fourth-order valence-electron chi connectivity index (χ4n) is 4.30. The molecule has 4 rings (SSSR count). The van der Waals surface area contributed by atoms with Crippen molar-refractivity contribution in [2.75, 3.05) is 11.4 Å². The van der Waals surface area contributed by atoms with Crippen molar-refractivity contribution in [1.29, 1.82) is 0 Å². The molecule has 0 unspecified atom stereocenters. The largest absolute Gasteiger partial charge is 0.367 e. The molecule has 0 spiro atoms. The standard InChI is InChI=1S/C29H27NO6S2/c1-3-30(20-22-7-6-8-26(19-22)37(31,32)33)25-17-15-24(16-18-25)29(23-13-11-21(2)12-14-23)27-9-4-5-10-28(27)38(34,35)36/h4-19H,2-3,20H2,1H3,(H,31,32,33)(H,34,35,36). The van der Waals surface area contributed by atoms with Crippen LogP contribution in [0.3, 0.4) is 0 Å². The minimum Gasteiger partial charge on any atom is -0.367 e. The molecule has 4 aromatic rings. The van der Waals surface area contributed by atoms with Crippen LogP contribution in [0.4, 0.5) is 5.69 Å². The zero-order valence-electron chi connectivity index (χ0n) is 20.7. The fourth-order valence-corrected chi connectivity index (χ4v) is 5.55. The first-order valence-corrected chi connectivity index (χ1v) is 14.6. The van der Waals surface area contributed by atoms with Crippen LogP contribution in [-0.4, -0.2) is 32.5 Å². The molecule has 0 bridgehead atoms. The molecule has 7 nitrogen and oxygen atoms in total. The van der Waals surface area contributed by atoms with E-state index in [1.807, 2.05) is 60.4 Å². The Kier molecular flexibility index (Phi) is 7.84. The monoisotopic (exact) mass is 549 g/mol. The summed E-state index contributed by atoms with van der Waals surface area (Å²) < 4.78 is 66.7. The lowest BCUT2D eigenvalue weighted by Crippen LogP contribution is -2.22. The zero-order valence-corrected chi connectivity index (χ0v) is 22.3. The summed E-state index contributed by atoms with van der Waals surface area (Å²) in [5.74, 6) is 0. The van der Waals surface area contributed by atoms with Crippen molar-refractivity contribution in [2.45, 2.75) is 23.3 Å². The summed E-state index contributed by atoms with van der Waals surface area (Å²) in [7, 11) is -8.78. The second-order valence-corrected chi connectivity index (χ2v) is 11.5. The van der Waals surface area contributed by atoms with Gasteiger partial charge in [-0.15, -0.1) is 0 Å². The molecule has 0 radical (unpaired) electrons. The predicted octanol–water partition coefficient (Wildman–Crippen LogP) is 3.86. The van der Waals surface area contributed by atoms with Crippen LogP contribution in [0.2, 0.25) is 0 Å². The molecule has 4 aromatic carbocycles. The Hall–Kier alpha value is -3.76. The molecule has 0 aliphatic rings. The van der Waals surface area contributed by atoms with Gasteiger partial charge in [0.1, 0.15) is 4.90 Å².